The number of hydrogen-bond acceptors (Lipinski definition) is 1. The summed E-state index contributed by atoms with van der Waals surface area (Å²) in [5, 5.41) is 8.50. The number of aromatic carboxylic acids is 1. The van der Waals surface area contributed by atoms with E-state index >= 15 is 0 Å². The molecule has 0 atom stereocenters. The Kier molecular flexibility index (Phi) is 2.42. The van der Waals surface area contributed by atoms with Gasteiger partial charge in [0.2, 0.25) is 0 Å². The summed E-state index contributed by atoms with van der Waals surface area (Å²) < 4.78 is 24.7. The second-order valence-electron chi connectivity index (χ2n) is 2.24. The first-order chi connectivity index (χ1) is 5.61. The van der Waals surface area contributed by atoms with E-state index in [1.165, 1.54) is 18.3 Å². The van der Waals surface area contributed by atoms with Crippen molar-refractivity contribution in [1.29, 1.82) is 0 Å². The van der Waals surface area contributed by atoms with E-state index in [9.17, 15) is 13.6 Å². The summed E-state index contributed by atoms with van der Waals surface area (Å²) in [6.07, 6.45) is -1.22. The zero-order chi connectivity index (χ0) is 9.14. The van der Waals surface area contributed by atoms with Crippen molar-refractivity contribution in [2.45, 2.75) is 13.0 Å². The molecule has 0 spiro atoms. The van der Waals surface area contributed by atoms with Crippen LogP contribution < -0.4 is 0 Å². The van der Waals surface area contributed by atoms with Crippen LogP contribution in [0.2, 0.25) is 0 Å². The Hall–Kier alpha value is -1.39. The van der Waals surface area contributed by atoms with Gasteiger partial charge in [0, 0.05) is 6.20 Å². The van der Waals surface area contributed by atoms with Crippen LogP contribution in [0, 0.1) is 0 Å². The van der Waals surface area contributed by atoms with Crippen LogP contribution in [0.25, 0.3) is 0 Å². The number of hydrogen-bond donors (Lipinski definition) is 1. The Bertz CT molecular complexity index is 283. The molecule has 1 rings (SSSR count). The minimum atomic E-state index is -2.53. The molecule has 1 aromatic rings. The number of carboxylic acids is 1. The van der Waals surface area contributed by atoms with Crippen LogP contribution in [0.4, 0.5) is 8.78 Å². The minimum absolute atomic E-state index is 0.115. The maximum atomic E-state index is 11.8. The van der Waals surface area contributed by atoms with Crippen LogP contribution in [0.5, 0.6) is 0 Å². The molecule has 5 heteroatoms. The van der Waals surface area contributed by atoms with Crippen LogP contribution in [0.15, 0.2) is 18.3 Å². The SMILES string of the molecule is O=C(O)c1cccn1CC(F)F. The third-order valence-electron chi connectivity index (χ3n) is 1.38. The molecule has 0 unspecified atom stereocenters. The van der Waals surface area contributed by atoms with E-state index in [0.717, 1.165) is 4.57 Å². The van der Waals surface area contributed by atoms with Gasteiger partial charge >= 0.3 is 5.97 Å². The highest BCUT2D eigenvalue weighted by Crippen LogP contribution is 2.05. The Labute approximate surface area is 67.2 Å². The predicted octanol–water partition coefficient (Wildman–Crippen LogP) is 1.45. The van der Waals surface area contributed by atoms with Crippen molar-refractivity contribution in [3.8, 4) is 0 Å². The third-order valence-corrected chi connectivity index (χ3v) is 1.38. The molecule has 0 saturated heterocycles. The van der Waals surface area contributed by atoms with Gasteiger partial charge in [-0.25, -0.2) is 13.6 Å². The first-order valence-corrected chi connectivity index (χ1v) is 3.28. The lowest BCUT2D eigenvalue weighted by Gasteiger charge is -2.03. The second-order valence-corrected chi connectivity index (χ2v) is 2.24. The van der Waals surface area contributed by atoms with Crippen LogP contribution in [0.3, 0.4) is 0 Å². The van der Waals surface area contributed by atoms with Crippen LogP contribution >= 0.6 is 0 Å². The quantitative estimate of drug-likeness (QED) is 0.755. The van der Waals surface area contributed by atoms with E-state index in [1.54, 1.807) is 0 Å². The summed E-state index contributed by atoms with van der Waals surface area (Å²) in [6.45, 7) is -0.575. The molecule has 1 aromatic heterocycles. The van der Waals surface area contributed by atoms with Crippen molar-refractivity contribution in [2.24, 2.45) is 0 Å². The second kappa shape index (κ2) is 3.34. The fourth-order valence-corrected chi connectivity index (χ4v) is 0.916. The van der Waals surface area contributed by atoms with Gasteiger partial charge in [-0.3, -0.25) is 0 Å². The maximum absolute atomic E-state index is 11.8. The number of carboxylic acid groups (broad SMARTS) is 1. The number of aromatic nitrogens is 1. The normalized spacial score (nSPS) is 10.6. The van der Waals surface area contributed by atoms with Crippen molar-refractivity contribution in [3.63, 3.8) is 0 Å². The summed E-state index contributed by atoms with van der Waals surface area (Å²) in [4.78, 5) is 10.4. The fourth-order valence-electron chi connectivity index (χ4n) is 0.916. The largest absolute Gasteiger partial charge is 0.477 e. The highest BCUT2D eigenvalue weighted by molar-refractivity contribution is 5.85. The molecule has 0 aliphatic heterocycles. The van der Waals surface area contributed by atoms with Gasteiger partial charge < -0.3 is 9.67 Å². The summed E-state index contributed by atoms with van der Waals surface area (Å²) in [5.41, 5.74) is -0.115. The van der Waals surface area contributed by atoms with Gasteiger partial charge in [-0.1, -0.05) is 0 Å². The highest BCUT2D eigenvalue weighted by Gasteiger charge is 2.11. The monoisotopic (exact) mass is 175 g/mol. The van der Waals surface area contributed by atoms with E-state index in [0.29, 0.717) is 0 Å². The molecule has 12 heavy (non-hydrogen) atoms. The smallest absolute Gasteiger partial charge is 0.352 e. The average Bonchev–Trinajstić information content (AvgIpc) is 2.33. The summed E-state index contributed by atoms with van der Waals surface area (Å²) >= 11 is 0. The molecule has 0 bridgehead atoms. The van der Waals surface area contributed by atoms with Crippen molar-refractivity contribution in [2.75, 3.05) is 0 Å². The Balaban J connectivity index is 2.84. The predicted molar refractivity (Wildman–Crippen MR) is 37.4 cm³/mol. The highest BCUT2D eigenvalue weighted by atomic mass is 19.3. The number of alkyl halides is 2. The van der Waals surface area contributed by atoms with E-state index < -0.39 is 18.9 Å². The van der Waals surface area contributed by atoms with Gasteiger partial charge in [0.05, 0.1) is 6.54 Å². The Morgan fingerprint density at radius 2 is 2.33 bits per heavy atom. The van der Waals surface area contributed by atoms with Gasteiger partial charge in [-0.05, 0) is 12.1 Å². The summed E-state index contributed by atoms with van der Waals surface area (Å²) in [7, 11) is 0. The number of halogens is 2. The zero-order valence-electron chi connectivity index (χ0n) is 6.08. The van der Waals surface area contributed by atoms with Crippen molar-refractivity contribution < 1.29 is 18.7 Å². The molecule has 0 aliphatic rings. The van der Waals surface area contributed by atoms with Gasteiger partial charge in [-0.15, -0.1) is 0 Å². The van der Waals surface area contributed by atoms with Crippen LogP contribution in [0.1, 0.15) is 10.5 Å². The lowest BCUT2D eigenvalue weighted by Crippen LogP contribution is -2.12. The molecule has 1 heterocycles. The van der Waals surface area contributed by atoms with Crippen molar-refractivity contribution in [3.05, 3.63) is 24.0 Å². The van der Waals surface area contributed by atoms with Crippen LogP contribution in [-0.4, -0.2) is 22.1 Å². The third kappa shape index (κ3) is 1.81. The Morgan fingerprint density at radius 1 is 1.67 bits per heavy atom. The first-order valence-electron chi connectivity index (χ1n) is 3.28. The zero-order valence-corrected chi connectivity index (χ0v) is 6.08. The molecular weight excluding hydrogens is 168 g/mol. The molecule has 0 saturated carbocycles. The van der Waals surface area contributed by atoms with Gasteiger partial charge in [0.25, 0.3) is 6.43 Å². The minimum Gasteiger partial charge on any atom is -0.477 e. The van der Waals surface area contributed by atoms with Crippen molar-refractivity contribution >= 4 is 5.97 Å². The molecule has 0 fully saturated rings. The van der Waals surface area contributed by atoms with Gasteiger partial charge in [0.1, 0.15) is 5.69 Å². The van der Waals surface area contributed by atoms with Crippen molar-refractivity contribution in [1.82, 2.24) is 4.57 Å². The first kappa shape index (κ1) is 8.70. The topological polar surface area (TPSA) is 42.2 Å². The summed E-state index contributed by atoms with van der Waals surface area (Å²) in [5.74, 6) is -1.19. The standard InChI is InChI=1S/C7H7F2NO2/c8-6(9)4-10-3-1-2-5(10)7(11)12/h1-3,6H,4H2,(H,11,12). The molecular formula is C7H7F2NO2. The van der Waals surface area contributed by atoms with Gasteiger partial charge in [0.15, 0.2) is 0 Å². The van der Waals surface area contributed by atoms with E-state index in [1.807, 2.05) is 0 Å². The number of carbonyl (C=O) groups is 1. The molecule has 0 aromatic carbocycles. The lowest BCUT2D eigenvalue weighted by atomic mass is 10.4. The van der Waals surface area contributed by atoms with E-state index in [-0.39, 0.29) is 5.69 Å². The average molecular weight is 175 g/mol. The number of nitrogens with zero attached hydrogens (tertiary/aromatic N) is 1. The molecule has 0 radical (unpaired) electrons. The van der Waals surface area contributed by atoms with E-state index in [4.69, 9.17) is 5.11 Å². The number of rotatable bonds is 3. The maximum Gasteiger partial charge on any atom is 0.352 e. The molecule has 0 amide bonds. The molecule has 66 valence electrons. The fraction of sp³-hybridized carbons (Fsp3) is 0.286. The molecule has 1 N–H and O–H groups in total. The van der Waals surface area contributed by atoms with E-state index in [2.05, 4.69) is 0 Å². The van der Waals surface area contributed by atoms with Gasteiger partial charge in [-0.2, -0.15) is 0 Å². The summed E-state index contributed by atoms with van der Waals surface area (Å²) in [6, 6.07) is 2.70. The van der Waals surface area contributed by atoms with Crippen LogP contribution in [-0.2, 0) is 6.54 Å². The molecule has 0 aliphatic carbocycles. The lowest BCUT2D eigenvalue weighted by molar-refractivity contribution is 0.0676. The molecule has 3 nitrogen and oxygen atoms in total. The Morgan fingerprint density at radius 3 is 2.83 bits per heavy atom.